The lowest BCUT2D eigenvalue weighted by Crippen LogP contribution is -2.49. The molecule has 0 bridgehead atoms. The van der Waals surface area contributed by atoms with E-state index < -0.39 is 0 Å². The fourth-order valence-electron chi connectivity index (χ4n) is 3.92. The van der Waals surface area contributed by atoms with Crippen LogP contribution in [0.4, 0.5) is 0 Å². The molecule has 0 saturated heterocycles. The van der Waals surface area contributed by atoms with Crippen molar-refractivity contribution in [3.05, 3.63) is 0 Å². The van der Waals surface area contributed by atoms with Crippen LogP contribution in [-0.4, -0.2) is 11.6 Å². The third-order valence-electron chi connectivity index (χ3n) is 5.32. The lowest BCUT2D eigenvalue weighted by molar-refractivity contribution is 0.297. The smallest absolute Gasteiger partial charge is 0.106 e. The maximum atomic E-state index is 9.71. The molecule has 2 fully saturated rings. The van der Waals surface area contributed by atoms with Gasteiger partial charge in [-0.05, 0) is 38.0 Å². The van der Waals surface area contributed by atoms with E-state index in [1.807, 2.05) is 0 Å². The molecule has 0 aromatic heterocycles. The third kappa shape index (κ3) is 4.21. The van der Waals surface area contributed by atoms with E-state index in [1.54, 1.807) is 0 Å². The van der Waals surface area contributed by atoms with Crippen LogP contribution in [0.1, 0.15) is 84.0 Å². The fraction of sp³-hybridized carbons (Fsp3) is 0.941. The molecule has 0 heterocycles. The van der Waals surface area contributed by atoms with Crippen LogP contribution >= 0.6 is 0 Å². The summed E-state index contributed by atoms with van der Waals surface area (Å²) in [7, 11) is 0. The van der Waals surface area contributed by atoms with Gasteiger partial charge in [-0.3, -0.25) is 5.32 Å². The van der Waals surface area contributed by atoms with Crippen LogP contribution in [0.3, 0.4) is 0 Å². The Bertz CT molecular complexity index is 299. The average Bonchev–Trinajstić information content (AvgIpc) is 2.80. The normalized spacial score (nSPS) is 34.2. The van der Waals surface area contributed by atoms with Crippen LogP contribution in [0, 0.1) is 17.2 Å². The van der Waals surface area contributed by atoms with E-state index in [2.05, 4.69) is 18.3 Å². The van der Waals surface area contributed by atoms with Crippen molar-refractivity contribution in [2.75, 3.05) is 0 Å². The Kier molecular flexibility index (Phi) is 5.70. The first kappa shape index (κ1) is 14.9. The van der Waals surface area contributed by atoms with E-state index in [0.717, 1.165) is 18.8 Å². The van der Waals surface area contributed by atoms with Gasteiger partial charge in [0.2, 0.25) is 0 Å². The van der Waals surface area contributed by atoms with E-state index in [-0.39, 0.29) is 5.54 Å². The zero-order chi connectivity index (χ0) is 13.6. The summed E-state index contributed by atoms with van der Waals surface area (Å²) < 4.78 is 0. The number of hydrogen-bond acceptors (Lipinski definition) is 2. The Hall–Kier alpha value is -0.550. The molecule has 19 heavy (non-hydrogen) atoms. The average molecular weight is 262 g/mol. The van der Waals surface area contributed by atoms with Crippen molar-refractivity contribution in [1.29, 1.82) is 5.26 Å². The Morgan fingerprint density at radius 3 is 2.37 bits per heavy atom. The highest BCUT2D eigenvalue weighted by Gasteiger charge is 2.34. The highest BCUT2D eigenvalue weighted by Crippen LogP contribution is 2.33. The molecular weight excluding hydrogens is 232 g/mol. The molecule has 2 aliphatic carbocycles. The molecule has 2 saturated carbocycles. The van der Waals surface area contributed by atoms with Gasteiger partial charge < -0.3 is 0 Å². The highest BCUT2D eigenvalue weighted by atomic mass is 15.0. The molecule has 0 amide bonds. The zero-order valence-corrected chi connectivity index (χ0v) is 12.6. The molecule has 0 aromatic carbocycles. The van der Waals surface area contributed by atoms with Gasteiger partial charge in [0.25, 0.3) is 0 Å². The molecule has 0 radical (unpaired) electrons. The van der Waals surface area contributed by atoms with Gasteiger partial charge in [0, 0.05) is 6.04 Å². The van der Waals surface area contributed by atoms with Crippen molar-refractivity contribution in [3.63, 3.8) is 0 Å². The number of nitrogens with zero attached hydrogens (tertiary/aromatic N) is 1. The van der Waals surface area contributed by atoms with Crippen molar-refractivity contribution in [2.45, 2.75) is 95.6 Å². The first-order valence-electron chi connectivity index (χ1n) is 8.47. The summed E-state index contributed by atoms with van der Waals surface area (Å²) in [6, 6.07) is 3.26. The summed E-state index contributed by atoms with van der Waals surface area (Å²) in [4.78, 5) is 0. The van der Waals surface area contributed by atoms with Crippen LogP contribution in [0.15, 0.2) is 0 Å². The van der Waals surface area contributed by atoms with Crippen LogP contribution in [0.5, 0.6) is 0 Å². The molecule has 2 atom stereocenters. The first-order chi connectivity index (χ1) is 9.28. The second-order valence-electron chi connectivity index (χ2n) is 6.73. The van der Waals surface area contributed by atoms with Gasteiger partial charge in [-0.15, -0.1) is 0 Å². The third-order valence-corrected chi connectivity index (χ3v) is 5.32. The molecule has 108 valence electrons. The molecule has 1 N–H and O–H groups in total. The Labute approximate surface area is 119 Å². The van der Waals surface area contributed by atoms with Gasteiger partial charge in [-0.2, -0.15) is 5.26 Å². The minimum absolute atomic E-state index is 0.209. The molecule has 0 spiro atoms. The Morgan fingerprint density at radius 2 is 1.74 bits per heavy atom. The van der Waals surface area contributed by atoms with Gasteiger partial charge in [0.05, 0.1) is 6.07 Å². The summed E-state index contributed by atoms with van der Waals surface area (Å²) in [6.07, 6.45) is 15.2. The summed E-state index contributed by atoms with van der Waals surface area (Å²) in [5, 5.41) is 13.5. The van der Waals surface area contributed by atoms with Crippen molar-refractivity contribution in [1.82, 2.24) is 5.32 Å². The van der Waals surface area contributed by atoms with Crippen LogP contribution in [0.2, 0.25) is 0 Å². The maximum absolute atomic E-state index is 9.71. The van der Waals surface area contributed by atoms with E-state index in [1.165, 1.54) is 64.2 Å². The SMILES string of the molecule is CCC1CCCC(C#N)(NC2CCCCCC2)CC1. The van der Waals surface area contributed by atoms with Gasteiger partial charge in [-0.1, -0.05) is 51.9 Å². The summed E-state index contributed by atoms with van der Waals surface area (Å²) >= 11 is 0. The molecule has 2 nitrogen and oxygen atoms in total. The van der Waals surface area contributed by atoms with E-state index in [0.29, 0.717) is 6.04 Å². The lowest BCUT2D eigenvalue weighted by Gasteiger charge is -2.31. The van der Waals surface area contributed by atoms with Gasteiger partial charge in [0.1, 0.15) is 5.54 Å². The zero-order valence-electron chi connectivity index (χ0n) is 12.6. The molecule has 2 aliphatic rings. The Morgan fingerprint density at radius 1 is 1.00 bits per heavy atom. The summed E-state index contributed by atoms with van der Waals surface area (Å²) in [5.74, 6) is 0.853. The second-order valence-corrected chi connectivity index (χ2v) is 6.73. The van der Waals surface area contributed by atoms with Gasteiger partial charge >= 0.3 is 0 Å². The summed E-state index contributed by atoms with van der Waals surface area (Å²) in [5.41, 5.74) is -0.209. The molecule has 0 aliphatic heterocycles. The van der Waals surface area contributed by atoms with Crippen LogP contribution in [0.25, 0.3) is 0 Å². The predicted octanol–water partition coefficient (Wildman–Crippen LogP) is 4.55. The van der Waals surface area contributed by atoms with Gasteiger partial charge in [0.15, 0.2) is 0 Å². The number of hydrogen-bond donors (Lipinski definition) is 1. The van der Waals surface area contributed by atoms with Crippen LogP contribution in [-0.2, 0) is 0 Å². The van der Waals surface area contributed by atoms with Gasteiger partial charge in [-0.25, -0.2) is 0 Å². The summed E-state index contributed by atoms with van der Waals surface area (Å²) in [6.45, 7) is 2.29. The Balaban J connectivity index is 1.95. The van der Waals surface area contributed by atoms with Crippen molar-refractivity contribution in [3.8, 4) is 6.07 Å². The molecule has 2 rings (SSSR count). The minimum atomic E-state index is -0.209. The number of rotatable bonds is 3. The monoisotopic (exact) mass is 262 g/mol. The second kappa shape index (κ2) is 7.29. The maximum Gasteiger partial charge on any atom is 0.106 e. The van der Waals surface area contributed by atoms with Crippen molar-refractivity contribution >= 4 is 0 Å². The van der Waals surface area contributed by atoms with Crippen molar-refractivity contribution in [2.24, 2.45) is 5.92 Å². The largest absolute Gasteiger partial charge is 0.297 e. The molecule has 2 heteroatoms. The predicted molar refractivity (Wildman–Crippen MR) is 79.8 cm³/mol. The number of nitriles is 1. The molecule has 2 unspecified atom stereocenters. The fourth-order valence-corrected chi connectivity index (χ4v) is 3.92. The minimum Gasteiger partial charge on any atom is -0.297 e. The van der Waals surface area contributed by atoms with E-state index in [4.69, 9.17) is 0 Å². The quantitative estimate of drug-likeness (QED) is 0.757. The molecule has 0 aromatic rings. The van der Waals surface area contributed by atoms with Crippen molar-refractivity contribution < 1.29 is 0 Å². The topological polar surface area (TPSA) is 35.8 Å². The van der Waals surface area contributed by atoms with E-state index in [9.17, 15) is 5.26 Å². The van der Waals surface area contributed by atoms with E-state index >= 15 is 0 Å². The lowest BCUT2D eigenvalue weighted by atomic mass is 9.89. The number of nitrogens with one attached hydrogen (secondary N) is 1. The molecular formula is C17H30N2. The van der Waals surface area contributed by atoms with Crippen LogP contribution < -0.4 is 5.32 Å². The standard InChI is InChI=1S/C17H30N2/c1-2-15-8-7-12-17(14-18,13-11-15)19-16-9-5-3-4-6-10-16/h15-16,19H,2-13H2,1H3. The first-order valence-corrected chi connectivity index (χ1v) is 8.47. The highest BCUT2D eigenvalue weighted by molar-refractivity contribution is 5.09.